The maximum absolute atomic E-state index is 11.4. The smallest absolute Gasteiger partial charge is 0.450 e. The Morgan fingerprint density at radius 1 is 1.22 bits per heavy atom. The van der Waals surface area contributed by atoms with Crippen molar-refractivity contribution in [1.29, 1.82) is 0 Å². The summed E-state index contributed by atoms with van der Waals surface area (Å²) in [6.07, 6.45) is 3.92. The molecule has 0 aromatic heterocycles. The Morgan fingerprint density at radius 2 is 1.78 bits per heavy atom. The maximum Gasteiger partial charge on any atom is 0.506 e. The molecular weight excluding hydrogens is 238 g/mol. The standard InChI is InChI=1S/C12H15NO5/c14-10-5-6-11(15)13(10)7-8-1-3-9(4-2-8)18-12(16)17/h5-6,8-9H,1-4,7H2,(H,16,17). The first-order valence-electron chi connectivity index (χ1n) is 5.99. The molecule has 1 aliphatic carbocycles. The minimum Gasteiger partial charge on any atom is -0.450 e. The van der Waals surface area contributed by atoms with E-state index >= 15 is 0 Å². The molecule has 18 heavy (non-hydrogen) atoms. The fraction of sp³-hybridized carbons (Fsp3) is 0.583. The molecule has 6 nitrogen and oxygen atoms in total. The molecule has 2 rings (SSSR count). The van der Waals surface area contributed by atoms with E-state index in [-0.39, 0.29) is 23.8 Å². The van der Waals surface area contributed by atoms with Crippen LogP contribution in [-0.2, 0) is 14.3 Å². The molecule has 0 saturated heterocycles. The van der Waals surface area contributed by atoms with E-state index in [0.29, 0.717) is 19.4 Å². The van der Waals surface area contributed by atoms with Crippen molar-refractivity contribution in [3.8, 4) is 0 Å². The third-order valence-corrected chi connectivity index (χ3v) is 3.40. The van der Waals surface area contributed by atoms with Crippen molar-refractivity contribution in [3.05, 3.63) is 12.2 Å². The summed E-state index contributed by atoms with van der Waals surface area (Å²) < 4.78 is 4.71. The normalized spacial score (nSPS) is 27.7. The highest BCUT2D eigenvalue weighted by Crippen LogP contribution is 2.27. The lowest BCUT2D eigenvalue weighted by Gasteiger charge is -2.29. The van der Waals surface area contributed by atoms with E-state index in [2.05, 4.69) is 0 Å². The van der Waals surface area contributed by atoms with Crippen molar-refractivity contribution in [2.24, 2.45) is 5.92 Å². The SMILES string of the molecule is O=C(O)OC1CCC(CN2C(=O)C=CC2=O)CC1. The predicted octanol–water partition coefficient (Wildman–Crippen LogP) is 1.16. The largest absolute Gasteiger partial charge is 0.506 e. The van der Waals surface area contributed by atoms with E-state index in [4.69, 9.17) is 9.84 Å². The molecule has 1 saturated carbocycles. The number of amides is 2. The Kier molecular flexibility index (Phi) is 3.64. The second-order valence-electron chi connectivity index (χ2n) is 4.65. The van der Waals surface area contributed by atoms with Gasteiger partial charge in [-0.2, -0.15) is 0 Å². The molecule has 98 valence electrons. The lowest BCUT2D eigenvalue weighted by atomic mass is 9.87. The molecule has 0 bridgehead atoms. The van der Waals surface area contributed by atoms with Crippen LogP contribution < -0.4 is 0 Å². The molecule has 0 aromatic rings. The highest BCUT2D eigenvalue weighted by molar-refractivity contribution is 6.12. The number of imide groups is 1. The summed E-state index contributed by atoms with van der Waals surface area (Å²) >= 11 is 0. The van der Waals surface area contributed by atoms with Gasteiger partial charge in [-0.05, 0) is 31.6 Å². The monoisotopic (exact) mass is 253 g/mol. The zero-order valence-corrected chi connectivity index (χ0v) is 9.87. The number of carbonyl (C=O) groups is 3. The Hall–Kier alpha value is -1.85. The average Bonchev–Trinajstić information content (AvgIpc) is 2.63. The van der Waals surface area contributed by atoms with Crippen LogP contribution in [0.2, 0.25) is 0 Å². The second kappa shape index (κ2) is 5.20. The van der Waals surface area contributed by atoms with E-state index in [1.807, 2.05) is 0 Å². The second-order valence-corrected chi connectivity index (χ2v) is 4.65. The van der Waals surface area contributed by atoms with E-state index < -0.39 is 6.16 Å². The van der Waals surface area contributed by atoms with Crippen LogP contribution >= 0.6 is 0 Å². The third kappa shape index (κ3) is 2.88. The van der Waals surface area contributed by atoms with Gasteiger partial charge in [-0.15, -0.1) is 0 Å². The van der Waals surface area contributed by atoms with Crippen molar-refractivity contribution in [3.63, 3.8) is 0 Å². The summed E-state index contributed by atoms with van der Waals surface area (Å²) in [6.45, 7) is 0.421. The van der Waals surface area contributed by atoms with Gasteiger partial charge in [0.1, 0.15) is 6.10 Å². The van der Waals surface area contributed by atoms with Crippen LogP contribution in [0.4, 0.5) is 4.79 Å². The summed E-state index contributed by atoms with van der Waals surface area (Å²) in [5, 5.41) is 8.50. The summed E-state index contributed by atoms with van der Waals surface area (Å²) in [5.41, 5.74) is 0. The van der Waals surface area contributed by atoms with Crippen molar-refractivity contribution in [2.75, 3.05) is 6.54 Å². The van der Waals surface area contributed by atoms with E-state index in [9.17, 15) is 14.4 Å². The molecule has 0 unspecified atom stereocenters. The quantitative estimate of drug-likeness (QED) is 0.602. The number of carboxylic acid groups (broad SMARTS) is 1. The van der Waals surface area contributed by atoms with Gasteiger partial charge in [0.15, 0.2) is 0 Å². The van der Waals surface area contributed by atoms with Gasteiger partial charge in [0.05, 0.1) is 0 Å². The number of ether oxygens (including phenoxy) is 1. The number of carbonyl (C=O) groups excluding carboxylic acids is 2. The van der Waals surface area contributed by atoms with Crippen molar-refractivity contribution < 1.29 is 24.2 Å². The lowest BCUT2D eigenvalue weighted by molar-refractivity contribution is -0.137. The van der Waals surface area contributed by atoms with Crippen LogP contribution in [0.1, 0.15) is 25.7 Å². The fourth-order valence-corrected chi connectivity index (χ4v) is 2.44. The zero-order valence-electron chi connectivity index (χ0n) is 9.87. The van der Waals surface area contributed by atoms with Crippen LogP contribution in [0, 0.1) is 5.92 Å². The molecule has 0 spiro atoms. The summed E-state index contributed by atoms with van der Waals surface area (Å²) in [5.74, 6) is -0.278. The highest BCUT2D eigenvalue weighted by Gasteiger charge is 2.30. The number of hydrogen-bond donors (Lipinski definition) is 1. The molecule has 1 N–H and O–H groups in total. The topological polar surface area (TPSA) is 83.9 Å². The molecule has 2 amide bonds. The summed E-state index contributed by atoms with van der Waals surface area (Å²) in [6, 6.07) is 0. The van der Waals surface area contributed by atoms with E-state index in [0.717, 1.165) is 12.8 Å². The minimum atomic E-state index is -1.24. The molecule has 0 aromatic carbocycles. The van der Waals surface area contributed by atoms with Gasteiger partial charge >= 0.3 is 6.16 Å². The Balaban J connectivity index is 1.79. The summed E-state index contributed by atoms with van der Waals surface area (Å²) in [7, 11) is 0. The third-order valence-electron chi connectivity index (χ3n) is 3.40. The number of hydrogen-bond acceptors (Lipinski definition) is 4. The molecule has 1 heterocycles. The van der Waals surface area contributed by atoms with E-state index in [1.54, 1.807) is 0 Å². The Bertz CT molecular complexity index is 377. The summed E-state index contributed by atoms with van der Waals surface area (Å²) in [4.78, 5) is 34.4. The fourth-order valence-electron chi connectivity index (χ4n) is 2.44. The first-order chi connectivity index (χ1) is 8.56. The first kappa shape index (κ1) is 12.6. The van der Waals surface area contributed by atoms with Crippen LogP contribution in [0.3, 0.4) is 0 Å². The molecule has 2 aliphatic rings. The molecule has 0 atom stereocenters. The Labute approximate surface area is 104 Å². The molecule has 1 fully saturated rings. The first-order valence-corrected chi connectivity index (χ1v) is 5.99. The molecule has 1 aliphatic heterocycles. The van der Waals surface area contributed by atoms with Crippen LogP contribution in [0.5, 0.6) is 0 Å². The van der Waals surface area contributed by atoms with E-state index in [1.165, 1.54) is 17.1 Å². The zero-order chi connectivity index (χ0) is 13.1. The molecule has 6 heteroatoms. The molecular formula is C12H15NO5. The lowest BCUT2D eigenvalue weighted by Crippen LogP contribution is -2.37. The highest BCUT2D eigenvalue weighted by atomic mass is 16.7. The van der Waals surface area contributed by atoms with Gasteiger partial charge < -0.3 is 9.84 Å². The van der Waals surface area contributed by atoms with Gasteiger partial charge in [-0.1, -0.05) is 0 Å². The van der Waals surface area contributed by atoms with Crippen LogP contribution in [0.15, 0.2) is 12.2 Å². The maximum atomic E-state index is 11.4. The minimum absolute atomic E-state index is 0.242. The number of rotatable bonds is 3. The van der Waals surface area contributed by atoms with Crippen molar-refractivity contribution >= 4 is 18.0 Å². The van der Waals surface area contributed by atoms with Crippen molar-refractivity contribution in [2.45, 2.75) is 31.8 Å². The molecule has 0 radical (unpaired) electrons. The number of nitrogens with zero attached hydrogens (tertiary/aromatic N) is 1. The average molecular weight is 253 g/mol. The Morgan fingerprint density at radius 3 is 2.28 bits per heavy atom. The van der Waals surface area contributed by atoms with Gasteiger partial charge in [-0.3, -0.25) is 14.5 Å². The van der Waals surface area contributed by atoms with Gasteiger partial charge in [0.25, 0.3) is 11.8 Å². The van der Waals surface area contributed by atoms with Crippen LogP contribution in [0.25, 0.3) is 0 Å². The van der Waals surface area contributed by atoms with Gasteiger partial charge in [-0.25, -0.2) is 4.79 Å². The van der Waals surface area contributed by atoms with Crippen molar-refractivity contribution in [1.82, 2.24) is 4.90 Å². The van der Waals surface area contributed by atoms with Gasteiger partial charge in [0, 0.05) is 18.7 Å². The predicted molar refractivity (Wildman–Crippen MR) is 60.7 cm³/mol. The van der Waals surface area contributed by atoms with Crippen LogP contribution in [-0.4, -0.2) is 40.6 Å². The van der Waals surface area contributed by atoms with Gasteiger partial charge in [0.2, 0.25) is 0 Å².